The lowest BCUT2D eigenvalue weighted by Crippen LogP contribution is -2.35. The highest BCUT2D eigenvalue weighted by Gasteiger charge is 2.13. The van der Waals surface area contributed by atoms with Crippen LogP contribution >= 0.6 is 12.6 Å². The summed E-state index contributed by atoms with van der Waals surface area (Å²) in [5.74, 6) is 0.331. The molecule has 3 nitrogen and oxygen atoms in total. The summed E-state index contributed by atoms with van der Waals surface area (Å²) in [6.45, 7) is 0. The Kier molecular flexibility index (Phi) is 3.79. The average Bonchev–Trinajstić information content (AvgIpc) is 2.18. The van der Waals surface area contributed by atoms with Gasteiger partial charge in [-0.05, 0) is 12.1 Å². The molecule has 13 heavy (non-hydrogen) atoms. The summed E-state index contributed by atoms with van der Waals surface area (Å²) in [4.78, 5) is 11.1. The van der Waals surface area contributed by atoms with E-state index in [2.05, 4.69) is 12.6 Å². The zero-order chi connectivity index (χ0) is 9.68. The Bertz CT molecular complexity index is 276. The van der Waals surface area contributed by atoms with Crippen LogP contribution in [0.1, 0.15) is 0 Å². The maximum atomic E-state index is 11.1. The highest BCUT2D eigenvalue weighted by molar-refractivity contribution is 7.80. The van der Waals surface area contributed by atoms with Gasteiger partial charge in [-0.2, -0.15) is 12.6 Å². The lowest BCUT2D eigenvalue weighted by molar-refractivity contribution is -0.135. The molecule has 1 aromatic rings. The first-order valence-corrected chi connectivity index (χ1v) is 4.50. The molecule has 70 valence electrons. The van der Waals surface area contributed by atoms with Crippen LogP contribution in [-0.2, 0) is 4.79 Å². The van der Waals surface area contributed by atoms with Crippen molar-refractivity contribution in [3.05, 3.63) is 30.3 Å². The molecule has 0 radical (unpaired) electrons. The van der Waals surface area contributed by atoms with E-state index in [0.29, 0.717) is 5.75 Å². The van der Waals surface area contributed by atoms with Crippen LogP contribution in [0.5, 0.6) is 5.75 Å². The quantitative estimate of drug-likeness (QED) is 0.429. The Labute approximate surface area is 82.3 Å². The Balaban J connectivity index is 2.55. The minimum absolute atomic E-state index is 0.283. The number of ether oxygens (including phenoxy) is 1. The van der Waals surface area contributed by atoms with Crippen LogP contribution in [0, 0.1) is 0 Å². The monoisotopic (exact) mass is 197 g/mol. The van der Waals surface area contributed by atoms with Crippen LogP contribution in [0.4, 0.5) is 0 Å². The van der Waals surface area contributed by atoms with Gasteiger partial charge in [0.1, 0.15) is 11.8 Å². The normalized spacial score (nSPS) is 12.2. The van der Waals surface area contributed by atoms with Crippen LogP contribution in [0.25, 0.3) is 0 Å². The Morgan fingerprint density at radius 1 is 1.46 bits per heavy atom. The van der Waals surface area contributed by atoms with Gasteiger partial charge in [-0.25, -0.2) is 4.79 Å². The smallest absolute Gasteiger partial charge is 0.329 e. The molecule has 0 bridgehead atoms. The fourth-order valence-corrected chi connectivity index (χ4v) is 0.904. The Morgan fingerprint density at radius 2 is 2.08 bits per heavy atom. The van der Waals surface area contributed by atoms with E-state index in [1.807, 2.05) is 6.07 Å². The van der Waals surface area contributed by atoms with E-state index < -0.39 is 12.0 Å². The van der Waals surface area contributed by atoms with Crippen LogP contribution in [0.15, 0.2) is 30.3 Å². The van der Waals surface area contributed by atoms with E-state index in [9.17, 15) is 4.79 Å². The van der Waals surface area contributed by atoms with Gasteiger partial charge >= 0.3 is 5.97 Å². The average molecular weight is 197 g/mol. The molecule has 4 heteroatoms. The van der Waals surface area contributed by atoms with E-state index in [0.717, 1.165) is 0 Å². The van der Waals surface area contributed by atoms with Crippen molar-refractivity contribution in [1.29, 1.82) is 0 Å². The number of hydrogen-bond donors (Lipinski definition) is 2. The molecule has 1 rings (SSSR count). The van der Waals surface area contributed by atoms with Crippen molar-refractivity contribution in [2.75, 3.05) is 5.75 Å². The highest BCUT2D eigenvalue weighted by Crippen LogP contribution is 2.08. The third kappa shape index (κ3) is 3.08. The summed E-state index contributed by atoms with van der Waals surface area (Å²) in [5.41, 5.74) is 5.41. The van der Waals surface area contributed by atoms with Gasteiger partial charge in [0.05, 0.1) is 0 Å². The van der Waals surface area contributed by atoms with Gasteiger partial charge in [-0.1, -0.05) is 18.2 Å². The van der Waals surface area contributed by atoms with E-state index in [-0.39, 0.29) is 5.75 Å². The molecule has 0 aliphatic carbocycles. The third-order valence-electron chi connectivity index (χ3n) is 1.46. The van der Waals surface area contributed by atoms with Gasteiger partial charge in [0, 0.05) is 5.75 Å². The van der Waals surface area contributed by atoms with Gasteiger partial charge in [0.2, 0.25) is 0 Å². The van der Waals surface area contributed by atoms with Crippen LogP contribution < -0.4 is 10.5 Å². The predicted molar refractivity (Wildman–Crippen MR) is 53.9 cm³/mol. The molecule has 2 N–H and O–H groups in total. The van der Waals surface area contributed by atoms with Crippen molar-refractivity contribution in [3.8, 4) is 5.75 Å². The summed E-state index contributed by atoms with van der Waals surface area (Å²) in [6, 6.07) is 8.15. The number of esters is 1. The molecular formula is C9H11NO2S. The van der Waals surface area contributed by atoms with E-state index in [4.69, 9.17) is 10.5 Å². The number of thiol groups is 1. The summed E-state index contributed by atoms with van der Waals surface area (Å²) in [7, 11) is 0. The van der Waals surface area contributed by atoms with Gasteiger partial charge < -0.3 is 10.5 Å². The number of carbonyl (C=O) groups is 1. The lowest BCUT2D eigenvalue weighted by Gasteiger charge is -2.07. The zero-order valence-corrected chi connectivity index (χ0v) is 7.91. The fourth-order valence-electron chi connectivity index (χ4n) is 0.755. The number of benzene rings is 1. The number of carbonyl (C=O) groups excluding carboxylic acids is 1. The van der Waals surface area contributed by atoms with E-state index in [1.165, 1.54) is 0 Å². The maximum Gasteiger partial charge on any atom is 0.329 e. The molecule has 0 aliphatic rings. The second-order valence-corrected chi connectivity index (χ2v) is 2.89. The fraction of sp³-hybridized carbons (Fsp3) is 0.222. The molecule has 0 aliphatic heterocycles. The molecule has 0 heterocycles. The van der Waals surface area contributed by atoms with Crippen molar-refractivity contribution in [2.24, 2.45) is 5.73 Å². The summed E-state index contributed by atoms with van der Waals surface area (Å²) >= 11 is 3.90. The summed E-state index contributed by atoms with van der Waals surface area (Å²) < 4.78 is 4.95. The summed E-state index contributed by atoms with van der Waals surface area (Å²) in [5, 5.41) is 0. The molecule has 0 unspecified atom stereocenters. The lowest BCUT2D eigenvalue weighted by atomic mass is 10.3. The van der Waals surface area contributed by atoms with Gasteiger partial charge in [-0.3, -0.25) is 0 Å². The molecule has 1 aromatic carbocycles. The number of para-hydroxylation sites is 1. The van der Waals surface area contributed by atoms with Crippen molar-refractivity contribution < 1.29 is 9.53 Å². The Morgan fingerprint density at radius 3 is 2.62 bits per heavy atom. The molecule has 1 atom stereocenters. The van der Waals surface area contributed by atoms with Crippen LogP contribution in [-0.4, -0.2) is 17.8 Å². The molecule has 0 saturated carbocycles. The van der Waals surface area contributed by atoms with Crippen LogP contribution in [0.3, 0.4) is 0 Å². The third-order valence-corrected chi connectivity index (χ3v) is 1.85. The maximum absolute atomic E-state index is 11.1. The van der Waals surface area contributed by atoms with Gasteiger partial charge in [-0.15, -0.1) is 0 Å². The molecular weight excluding hydrogens is 186 g/mol. The minimum Gasteiger partial charge on any atom is -0.425 e. The minimum atomic E-state index is -0.663. The molecule has 0 fully saturated rings. The Hall–Kier alpha value is -1.00. The van der Waals surface area contributed by atoms with Crippen molar-refractivity contribution in [1.82, 2.24) is 0 Å². The SMILES string of the molecule is N[C@@H](CS)C(=O)Oc1ccccc1. The first-order chi connectivity index (χ1) is 6.24. The molecule has 0 saturated heterocycles. The standard InChI is InChI=1S/C9H11NO2S/c10-8(6-13)9(11)12-7-4-2-1-3-5-7/h1-5,8,13H,6,10H2/t8-/m0/s1. The number of rotatable bonds is 3. The topological polar surface area (TPSA) is 52.3 Å². The van der Waals surface area contributed by atoms with E-state index >= 15 is 0 Å². The number of hydrogen-bond acceptors (Lipinski definition) is 4. The second-order valence-electron chi connectivity index (χ2n) is 2.52. The second kappa shape index (κ2) is 4.89. The largest absolute Gasteiger partial charge is 0.425 e. The van der Waals surface area contributed by atoms with Crippen molar-refractivity contribution >= 4 is 18.6 Å². The predicted octanol–water partition coefficient (Wildman–Crippen LogP) is 0.849. The van der Waals surface area contributed by atoms with Gasteiger partial charge in [0.25, 0.3) is 0 Å². The molecule has 0 spiro atoms. The summed E-state index contributed by atoms with van der Waals surface area (Å²) in [6.07, 6.45) is 0. The van der Waals surface area contributed by atoms with E-state index in [1.54, 1.807) is 24.3 Å². The van der Waals surface area contributed by atoms with Crippen molar-refractivity contribution in [3.63, 3.8) is 0 Å². The first-order valence-electron chi connectivity index (χ1n) is 3.87. The van der Waals surface area contributed by atoms with Crippen LogP contribution in [0.2, 0.25) is 0 Å². The molecule has 0 aromatic heterocycles. The number of nitrogens with two attached hydrogens (primary N) is 1. The zero-order valence-electron chi connectivity index (χ0n) is 7.01. The molecule has 0 amide bonds. The van der Waals surface area contributed by atoms with Gasteiger partial charge in [0.15, 0.2) is 0 Å². The highest BCUT2D eigenvalue weighted by atomic mass is 32.1. The first kappa shape index (κ1) is 10.1. The van der Waals surface area contributed by atoms with Crippen molar-refractivity contribution in [2.45, 2.75) is 6.04 Å².